The van der Waals surface area contributed by atoms with Crippen LogP contribution >= 0.6 is 23.1 Å². The lowest BCUT2D eigenvalue weighted by Gasteiger charge is -2.14. The molecule has 0 radical (unpaired) electrons. The molecular weight excluding hydrogens is 391 g/mol. The van der Waals surface area contributed by atoms with Gasteiger partial charge < -0.3 is 0 Å². The number of alkyl halides is 3. The van der Waals surface area contributed by atoms with Crippen LogP contribution in [0.3, 0.4) is 0 Å². The molecule has 0 aliphatic heterocycles. The summed E-state index contributed by atoms with van der Waals surface area (Å²) in [5.74, 6) is 0.233. The molecule has 0 amide bonds. The molecule has 0 spiro atoms. The van der Waals surface area contributed by atoms with Crippen LogP contribution in [-0.4, -0.2) is 4.98 Å². The zero-order valence-corrected chi connectivity index (χ0v) is 15.3. The van der Waals surface area contributed by atoms with Gasteiger partial charge in [0.2, 0.25) is 0 Å². The van der Waals surface area contributed by atoms with Gasteiger partial charge in [0.1, 0.15) is 11.1 Å². The van der Waals surface area contributed by atoms with Crippen LogP contribution < -0.4 is 0 Å². The molecule has 134 valence electrons. The quantitative estimate of drug-likeness (QED) is 0.514. The van der Waals surface area contributed by atoms with Crippen LogP contribution in [0.1, 0.15) is 22.3 Å². The molecule has 2 heterocycles. The second-order valence-corrected chi connectivity index (χ2v) is 7.29. The molecule has 8 heteroatoms. The zero-order valence-electron chi connectivity index (χ0n) is 13.6. The molecule has 3 rings (SSSR count). The van der Waals surface area contributed by atoms with Gasteiger partial charge in [-0.3, -0.25) is 0 Å². The van der Waals surface area contributed by atoms with Crippen LogP contribution in [0.2, 0.25) is 0 Å². The predicted octanol–water partition coefficient (Wildman–Crippen LogP) is 5.86. The van der Waals surface area contributed by atoms with E-state index in [0.29, 0.717) is 16.0 Å². The molecule has 3 aromatic rings. The van der Waals surface area contributed by atoms with Gasteiger partial charge in [-0.15, -0.1) is 23.1 Å². The number of thioether (sulfide) groups is 1. The summed E-state index contributed by atoms with van der Waals surface area (Å²) < 4.78 is 40.5. The number of rotatable bonds is 4. The van der Waals surface area contributed by atoms with Crippen molar-refractivity contribution in [3.8, 4) is 22.7 Å². The Morgan fingerprint density at radius 1 is 1.07 bits per heavy atom. The van der Waals surface area contributed by atoms with Gasteiger partial charge in [-0.1, -0.05) is 24.3 Å². The molecule has 0 fully saturated rings. The van der Waals surface area contributed by atoms with Gasteiger partial charge in [-0.05, 0) is 29.1 Å². The van der Waals surface area contributed by atoms with E-state index < -0.39 is 17.3 Å². The Bertz CT molecular complexity index is 1050. The fourth-order valence-corrected chi connectivity index (χ4v) is 4.10. The predicted molar refractivity (Wildman–Crippen MR) is 98.0 cm³/mol. The van der Waals surface area contributed by atoms with Gasteiger partial charge in [0.05, 0.1) is 33.3 Å². The summed E-state index contributed by atoms with van der Waals surface area (Å²) in [4.78, 5) is 4.89. The number of hydrogen-bond acceptors (Lipinski definition) is 5. The highest BCUT2D eigenvalue weighted by molar-refractivity contribution is 7.98. The summed E-state index contributed by atoms with van der Waals surface area (Å²) in [5, 5.41) is 20.2. The molecule has 0 unspecified atom stereocenters. The van der Waals surface area contributed by atoms with Gasteiger partial charge in [0.15, 0.2) is 0 Å². The third-order valence-electron chi connectivity index (χ3n) is 3.68. The fraction of sp³-hybridized carbons (Fsp3) is 0.105. The van der Waals surface area contributed by atoms with E-state index in [9.17, 15) is 18.4 Å². The Kier molecular flexibility index (Phi) is 5.50. The standard InChI is InChI=1S/C19H10F3N3S2/c20-19(21,22)15-8-16(17-6-3-7-26-17)25-18(14(15)10-24)27-11-13-5-2-1-4-12(13)9-23/h1-8H,11H2. The van der Waals surface area contributed by atoms with Crippen LogP contribution in [0.4, 0.5) is 13.2 Å². The highest BCUT2D eigenvalue weighted by Gasteiger charge is 2.36. The molecule has 0 bridgehead atoms. The van der Waals surface area contributed by atoms with Crippen molar-refractivity contribution in [2.75, 3.05) is 0 Å². The topological polar surface area (TPSA) is 60.5 Å². The Balaban J connectivity index is 2.07. The minimum absolute atomic E-state index is 0.00321. The van der Waals surface area contributed by atoms with Gasteiger partial charge in [-0.25, -0.2) is 4.98 Å². The second-order valence-electron chi connectivity index (χ2n) is 5.38. The number of benzene rings is 1. The van der Waals surface area contributed by atoms with E-state index in [0.717, 1.165) is 17.8 Å². The van der Waals surface area contributed by atoms with Gasteiger partial charge in [-0.2, -0.15) is 23.7 Å². The molecule has 0 N–H and O–H groups in total. The molecule has 0 saturated carbocycles. The molecule has 2 aromatic heterocycles. The molecule has 0 atom stereocenters. The first-order valence-corrected chi connectivity index (χ1v) is 9.47. The maximum absolute atomic E-state index is 13.5. The highest BCUT2D eigenvalue weighted by Crippen LogP contribution is 2.39. The first-order valence-electron chi connectivity index (χ1n) is 7.61. The molecule has 0 aliphatic carbocycles. The lowest BCUT2D eigenvalue weighted by Crippen LogP contribution is -2.10. The van der Waals surface area contributed by atoms with Gasteiger partial charge in [0.25, 0.3) is 0 Å². The largest absolute Gasteiger partial charge is 0.417 e. The van der Waals surface area contributed by atoms with Crippen molar-refractivity contribution in [2.24, 2.45) is 0 Å². The van der Waals surface area contributed by atoms with E-state index in [1.54, 1.807) is 47.8 Å². The molecule has 0 aliphatic rings. The first-order chi connectivity index (χ1) is 12.9. The van der Waals surface area contributed by atoms with Crippen molar-refractivity contribution in [2.45, 2.75) is 17.0 Å². The number of thiophene rings is 1. The number of nitriles is 2. The SMILES string of the molecule is N#Cc1ccccc1CSc1nc(-c2cccs2)cc(C(F)(F)F)c1C#N. The van der Waals surface area contributed by atoms with Crippen LogP contribution in [-0.2, 0) is 11.9 Å². The molecular formula is C19H10F3N3S2. The zero-order chi connectivity index (χ0) is 19.4. The first kappa shape index (κ1) is 19.0. The monoisotopic (exact) mass is 401 g/mol. The van der Waals surface area contributed by atoms with Crippen molar-refractivity contribution in [1.29, 1.82) is 10.5 Å². The highest BCUT2D eigenvalue weighted by atomic mass is 32.2. The summed E-state index contributed by atoms with van der Waals surface area (Å²) in [6, 6.07) is 14.8. The summed E-state index contributed by atoms with van der Waals surface area (Å²) in [6.45, 7) is 0. The second kappa shape index (κ2) is 7.83. The maximum atomic E-state index is 13.5. The summed E-state index contributed by atoms with van der Waals surface area (Å²) in [6.07, 6.45) is -4.67. The smallest absolute Gasteiger partial charge is 0.239 e. The average Bonchev–Trinajstić information content (AvgIpc) is 3.19. The molecule has 3 nitrogen and oxygen atoms in total. The Labute approximate surface area is 161 Å². The molecule has 0 saturated heterocycles. The number of nitrogens with zero attached hydrogens (tertiary/aromatic N) is 3. The number of aromatic nitrogens is 1. The minimum atomic E-state index is -4.67. The van der Waals surface area contributed by atoms with Crippen LogP contribution in [0, 0.1) is 22.7 Å². The van der Waals surface area contributed by atoms with Crippen LogP contribution in [0.5, 0.6) is 0 Å². The van der Waals surface area contributed by atoms with Crippen molar-refractivity contribution < 1.29 is 13.2 Å². The molecule has 27 heavy (non-hydrogen) atoms. The normalized spacial score (nSPS) is 11.0. The van der Waals surface area contributed by atoms with Gasteiger partial charge >= 0.3 is 6.18 Å². The Morgan fingerprint density at radius 2 is 1.85 bits per heavy atom. The van der Waals surface area contributed by atoms with Crippen LogP contribution in [0.25, 0.3) is 10.6 Å². The van der Waals surface area contributed by atoms with E-state index in [1.165, 1.54) is 11.3 Å². The average molecular weight is 401 g/mol. The van der Waals surface area contributed by atoms with E-state index in [2.05, 4.69) is 11.1 Å². The van der Waals surface area contributed by atoms with Crippen molar-refractivity contribution in [3.05, 3.63) is 70.1 Å². The lowest BCUT2D eigenvalue weighted by molar-refractivity contribution is -0.138. The van der Waals surface area contributed by atoms with E-state index in [-0.39, 0.29) is 16.5 Å². The number of pyridine rings is 1. The van der Waals surface area contributed by atoms with E-state index in [1.807, 2.05) is 0 Å². The van der Waals surface area contributed by atoms with Crippen LogP contribution in [0.15, 0.2) is 52.9 Å². The van der Waals surface area contributed by atoms with Crippen molar-refractivity contribution >= 4 is 23.1 Å². The molecule has 1 aromatic carbocycles. The van der Waals surface area contributed by atoms with E-state index in [4.69, 9.17) is 5.26 Å². The third-order valence-corrected chi connectivity index (χ3v) is 5.60. The summed E-state index contributed by atoms with van der Waals surface area (Å²) in [5.41, 5.74) is -0.214. The Hall–Kier alpha value is -2.81. The maximum Gasteiger partial charge on any atom is 0.417 e. The number of halogens is 3. The number of hydrogen-bond donors (Lipinski definition) is 0. The fourth-order valence-electron chi connectivity index (χ4n) is 2.41. The summed E-state index contributed by atoms with van der Waals surface area (Å²) >= 11 is 2.29. The third kappa shape index (κ3) is 4.13. The van der Waals surface area contributed by atoms with E-state index >= 15 is 0 Å². The van der Waals surface area contributed by atoms with Gasteiger partial charge in [0, 0.05) is 5.75 Å². The summed E-state index contributed by atoms with van der Waals surface area (Å²) in [7, 11) is 0. The Morgan fingerprint density at radius 3 is 2.48 bits per heavy atom. The van der Waals surface area contributed by atoms with Crippen molar-refractivity contribution in [1.82, 2.24) is 4.98 Å². The minimum Gasteiger partial charge on any atom is -0.239 e. The lowest BCUT2D eigenvalue weighted by atomic mass is 10.1. The van der Waals surface area contributed by atoms with Crippen molar-refractivity contribution in [3.63, 3.8) is 0 Å².